The van der Waals surface area contributed by atoms with Crippen LogP contribution in [0, 0.1) is 0 Å². The summed E-state index contributed by atoms with van der Waals surface area (Å²) in [6.45, 7) is 9.44. The third-order valence-electron chi connectivity index (χ3n) is 3.62. The molecule has 21 heavy (non-hydrogen) atoms. The third kappa shape index (κ3) is 15.1. The van der Waals surface area contributed by atoms with Crippen molar-refractivity contribution >= 4 is 5.97 Å². The first kappa shape index (κ1) is 19.9. The van der Waals surface area contributed by atoms with Crippen LogP contribution in [0.4, 0.5) is 0 Å². The van der Waals surface area contributed by atoms with E-state index in [9.17, 15) is 4.79 Å². The van der Waals surface area contributed by atoms with E-state index < -0.39 is 5.97 Å². The van der Waals surface area contributed by atoms with Crippen LogP contribution < -0.4 is 0 Å². The van der Waals surface area contributed by atoms with Crippen LogP contribution in [0.5, 0.6) is 0 Å². The van der Waals surface area contributed by atoms with Crippen molar-refractivity contribution in [2.75, 3.05) is 19.6 Å². The van der Waals surface area contributed by atoms with Crippen LogP contribution in [-0.2, 0) is 4.79 Å². The number of carbonyl (C=O) groups is 1. The lowest BCUT2D eigenvalue weighted by atomic mass is 10.1. The van der Waals surface area contributed by atoms with Crippen molar-refractivity contribution in [3.8, 4) is 0 Å². The SMILES string of the molecule is C=CCCCCCCN(CCCCCCC=C)CC(=O)O. The second-order valence-electron chi connectivity index (χ2n) is 5.65. The smallest absolute Gasteiger partial charge is 0.317 e. The van der Waals surface area contributed by atoms with Gasteiger partial charge in [0.25, 0.3) is 0 Å². The van der Waals surface area contributed by atoms with Gasteiger partial charge in [0.1, 0.15) is 0 Å². The molecule has 0 fully saturated rings. The molecule has 0 aliphatic heterocycles. The zero-order chi connectivity index (χ0) is 15.8. The lowest BCUT2D eigenvalue weighted by Crippen LogP contribution is -2.31. The highest BCUT2D eigenvalue weighted by atomic mass is 16.4. The third-order valence-corrected chi connectivity index (χ3v) is 3.62. The predicted octanol–water partition coefficient (Wildman–Crippen LogP) is 4.65. The van der Waals surface area contributed by atoms with Crippen LogP contribution in [0.15, 0.2) is 25.3 Å². The second-order valence-corrected chi connectivity index (χ2v) is 5.65. The number of hydrogen-bond acceptors (Lipinski definition) is 2. The minimum Gasteiger partial charge on any atom is -0.480 e. The Morgan fingerprint density at radius 2 is 1.24 bits per heavy atom. The highest BCUT2D eigenvalue weighted by Crippen LogP contribution is 2.07. The van der Waals surface area contributed by atoms with Crippen molar-refractivity contribution in [1.82, 2.24) is 4.90 Å². The maximum Gasteiger partial charge on any atom is 0.317 e. The van der Waals surface area contributed by atoms with Gasteiger partial charge < -0.3 is 5.11 Å². The van der Waals surface area contributed by atoms with Crippen molar-refractivity contribution in [3.63, 3.8) is 0 Å². The fourth-order valence-electron chi connectivity index (χ4n) is 2.42. The van der Waals surface area contributed by atoms with Crippen molar-refractivity contribution in [3.05, 3.63) is 25.3 Å². The first-order valence-electron chi connectivity index (χ1n) is 8.36. The summed E-state index contributed by atoms with van der Waals surface area (Å²) in [6, 6.07) is 0. The first-order chi connectivity index (χ1) is 10.2. The maximum atomic E-state index is 10.9. The normalized spacial score (nSPS) is 10.7. The number of aliphatic carboxylic acids is 1. The lowest BCUT2D eigenvalue weighted by Gasteiger charge is -2.20. The summed E-state index contributed by atoms with van der Waals surface area (Å²) in [5, 5.41) is 8.97. The van der Waals surface area contributed by atoms with Crippen LogP contribution >= 0.6 is 0 Å². The predicted molar refractivity (Wildman–Crippen MR) is 90.6 cm³/mol. The molecule has 0 saturated carbocycles. The van der Waals surface area contributed by atoms with Gasteiger partial charge in [0.15, 0.2) is 0 Å². The van der Waals surface area contributed by atoms with Crippen molar-refractivity contribution in [2.45, 2.75) is 64.2 Å². The Morgan fingerprint density at radius 1 is 0.810 bits per heavy atom. The van der Waals surface area contributed by atoms with Gasteiger partial charge in [-0.3, -0.25) is 9.69 Å². The van der Waals surface area contributed by atoms with Gasteiger partial charge in [-0.1, -0.05) is 37.8 Å². The molecule has 0 unspecified atom stereocenters. The molecular weight excluding hydrogens is 262 g/mol. The van der Waals surface area contributed by atoms with E-state index in [0.717, 1.165) is 38.8 Å². The molecule has 0 atom stereocenters. The molecule has 0 amide bonds. The molecule has 122 valence electrons. The van der Waals surface area contributed by atoms with Gasteiger partial charge in [0.05, 0.1) is 6.54 Å². The van der Waals surface area contributed by atoms with Crippen molar-refractivity contribution in [1.29, 1.82) is 0 Å². The standard InChI is InChI=1S/C18H33NO2/c1-3-5-7-9-11-13-15-19(17-18(20)21)16-14-12-10-8-6-4-2/h3-4H,1-2,5-17H2,(H,20,21). The summed E-state index contributed by atoms with van der Waals surface area (Å²) in [7, 11) is 0. The first-order valence-corrected chi connectivity index (χ1v) is 8.36. The van der Waals surface area contributed by atoms with Crippen LogP contribution in [0.1, 0.15) is 64.2 Å². The Morgan fingerprint density at radius 3 is 1.62 bits per heavy atom. The molecule has 0 aromatic carbocycles. The number of carboxylic acids is 1. The molecule has 0 spiro atoms. The molecule has 3 heteroatoms. The summed E-state index contributed by atoms with van der Waals surface area (Å²) in [5.41, 5.74) is 0. The molecule has 1 N–H and O–H groups in total. The summed E-state index contributed by atoms with van der Waals surface area (Å²) in [5.74, 6) is -0.715. The van der Waals surface area contributed by atoms with Gasteiger partial charge in [0, 0.05) is 0 Å². The van der Waals surface area contributed by atoms with Gasteiger partial charge in [-0.05, 0) is 51.6 Å². The highest BCUT2D eigenvalue weighted by Gasteiger charge is 2.08. The van der Waals surface area contributed by atoms with Crippen LogP contribution in [0.3, 0.4) is 0 Å². The minimum atomic E-state index is -0.715. The van der Waals surface area contributed by atoms with Crippen LogP contribution in [0.25, 0.3) is 0 Å². The average Bonchev–Trinajstić information content (AvgIpc) is 2.45. The number of rotatable bonds is 16. The average molecular weight is 295 g/mol. The minimum absolute atomic E-state index is 0.180. The van der Waals surface area contributed by atoms with Crippen molar-refractivity contribution in [2.24, 2.45) is 0 Å². The van der Waals surface area contributed by atoms with Gasteiger partial charge in [-0.25, -0.2) is 0 Å². The monoisotopic (exact) mass is 295 g/mol. The van der Waals surface area contributed by atoms with Gasteiger partial charge >= 0.3 is 5.97 Å². The Labute approximate surface area is 130 Å². The summed E-state index contributed by atoms with van der Waals surface area (Å²) < 4.78 is 0. The van der Waals surface area contributed by atoms with E-state index in [0.29, 0.717) is 0 Å². The fraction of sp³-hybridized carbons (Fsp3) is 0.722. The van der Waals surface area contributed by atoms with E-state index in [1.54, 1.807) is 0 Å². The Hall–Kier alpha value is -1.09. The Kier molecular flexibility index (Phi) is 14.5. The lowest BCUT2D eigenvalue weighted by molar-refractivity contribution is -0.138. The highest BCUT2D eigenvalue weighted by molar-refractivity contribution is 5.69. The quantitative estimate of drug-likeness (QED) is 0.333. The van der Waals surface area contributed by atoms with E-state index in [4.69, 9.17) is 5.11 Å². The molecule has 0 aromatic rings. The number of carboxylic acid groups (broad SMARTS) is 1. The molecule has 0 aromatic heterocycles. The molecule has 3 nitrogen and oxygen atoms in total. The largest absolute Gasteiger partial charge is 0.480 e. The van der Waals surface area contributed by atoms with E-state index in [-0.39, 0.29) is 6.54 Å². The van der Waals surface area contributed by atoms with Gasteiger partial charge in [-0.15, -0.1) is 13.2 Å². The van der Waals surface area contributed by atoms with Crippen LogP contribution in [-0.4, -0.2) is 35.6 Å². The Balaban J connectivity index is 3.68. The molecule has 0 heterocycles. The van der Waals surface area contributed by atoms with E-state index in [2.05, 4.69) is 18.1 Å². The number of nitrogens with zero attached hydrogens (tertiary/aromatic N) is 1. The Bertz CT molecular complexity index is 256. The molecule has 0 aliphatic rings. The number of allylic oxidation sites excluding steroid dienone is 2. The molecule has 0 saturated heterocycles. The number of unbranched alkanes of at least 4 members (excludes halogenated alkanes) is 8. The topological polar surface area (TPSA) is 40.5 Å². The van der Waals surface area contributed by atoms with E-state index in [1.165, 1.54) is 38.5 Å². The summed E-state index contributed by atoms with van der Waals surface area (Å²) in [6.07, 6.45) is 15.5. The zero-order valence-corrected chi connectivity index (χ0v) is 13.6. The van der Waals surface area contributed by atoms with Gasteiger partial charge in [-0.2, -0.15) is 0 Å². The zero-order valence-electron chi connectivity index (χ0n) is 13.6. The molecular formula is C18H33NO2. The fourth-order valence-corrected chi connectivity index (χ4v) is 2.42. The molecule has 0 radical (unpaired) electrons. The number of hydrogen-bond donors (Lipinski definition) is 1. The second kappa shape index (κ2) is 15.3. The van der Waals surface area contributed by atoms with Crippen LogP contribution in [0.2, 0.25) is 0 Å². The molecule has 0 bridgehead atoms. The van der Waals surface area contributed by atoms with E-state index in [1.807, 2.05) is 12.2 Å². The van der Waals surface area contributed by atoms with Gasteiger partial charge in [0.2, 0.25) is 0 Å². The van der Waals surface area contributed by atoms with E-state index >= 15 is 0 Å². The van der Waals surface area contributed by atoms with Crippen molar-refractivity contribution < 1.29 is 9.90 Å². The summed E-state index contributed by atoms with van der Waals surface area (Å²) >= 11 is 0. The summed E-state index contributed by atoms with van der Waals surface area (Å²) in [4.78, 5) is 13.0. The molecule has 0 rings (SSSR count). The molecule has 0 aliphatic carbocycles. The maximum absolute atomic E-state index is 10.9.